The molecule has 0 bridgehead atoms. The third-order valence-electron chi connectivity index (χ3n) is 2.74. The van der Waals surface area contributed by atoms with Gasteiger partial charge in [0.25, 0.3) is 0 Å². The first-order chi connectivity index (χ1) is 8.65. The number of hydrogen-bond donors (Lipinski definition) is 1. The number of aromatic nitrogens is 1. The molecule has 4 heteroatoms. The van der Waals surface area contributed by atoms with Gasteiger partial charge in [-0.1, -0.05) is 0 Å². The molecule has 18 heavy (non-hydrogen) atoms. The Morgan fingerprint density at radius 3 is 2.72 bits per heavy atom. The Balaban J connectivity index is 1.99. The van der Waals surface area contributed by atoms with Crippen LogP contribution in [0, 0.1) is 5.82 Å². The van der Waals surface area contributed by atoms with Crippen molar-refractivity contribution >= 4 is 11.3 Å². The average Bonchev–Trinajstić information content (AvgIpc) is 2.78. The summed E-state index contributed by atoms with van der Waals surface area (Å²) in [5.41, 5.74) is 7.61. The number of hydrogen-bond acceptors (Lipinski definition) is 3. The second kappa shape index (κ2) is 6.07. The Morgan fingerprint density at radius 2 is 2.06 bits per heavy atom. The fraction of sp³-hybridized carbons (Fsp3) is 0.357. The highest BCUT2D eigenvalue weighted by Crippen LogP contribution is 2.23. The maximum Gasteiger partial charge on any atom is 0.123 e. The number of rotatable bonds is 5. The van der Waals surface area contributed by atoms with Crippen LogP contribution in [0.1, 0.15) is 24.8 Å². The molecule has 0 saturated heterocycles. The lowest BCUT2D eigenvalue weighted by atomic mass is 10.1. The molecule has 1 heterocycles. The first-order valence-corrected chi connectivity index (χ1v) is 6.99. The summed E-state index contributed by atoms with van der Waals surface area (Å²) in [6.07, 6.45) is 3.05. The van der Waals surface area contributed by atoms with Crippen molar-refractivity contribution in [2.45, 2.75) is 32.2 Å². The molecule has 0 amide bonds. The molecule has 0 saturated carbocycles. The smallest absolute Gasteiger partial charge is 0.123 e. The van der Waals surface area contributed by atoms with E-state index in [1.54, 1.807) is 23.5 Å². The minimum Gasteiger partial charge on any atom is -0.328 e. The van der Waals surface area contributed by atoms with Crippen molar-refractivity contribution in [1.82, 2.24) is 4.98 Å². The zero-order valence-corrected chi connectivity index (χ0v) is 11.2. The molecule has 1 unspecified atom stereocenters. The molecule has 0 fully saturated rings. The van der Waals surface area contributed by atoms with Crippen molar-refractivity contribution in [2.24, 2.45) is 5.73 Å². The van der Waals surface area contributed by atoms with Gasteiger partial charge in [-0.05, 0) is 50.5 Å². The molecule has 2 N–H and O–H groups in total. The highest BCUT2D eigenvalue weighted by molar-refractivity contribution is 7.09. The number of thiazole rings is 1. The van der Waals surface area contributed by atoms with Gasteiger partial charge in [-0.2, -0.15) is 0 Å². The number of aryl methyl sites for hydroxylation is 1. The summed E-state index contributed by atoms with van der Waals surface area (Å²) in [6.45, 7) is 2.02. The number of nitrogens with zero attached hydrogens (tertiary/aromatic N) is 1. The molecule has 1 aromatic carbocycles. The largest absolute Gasteiger partial charge is 0.328 e. The summed E-state index contributed by atoms with van der Waals surface area (Å²) < 4.78 is 12.8. The second-order valence-corrected chi connectivity index (χ2v) is 5.45. The van der Waals surface area contributed by atoms with Crippen molar-refractivity contribution < 1.29 is 4.39 Å². The van der Waals surface area contributed by atoms with Crippen molar-refractivity contribution in [2.75, 3.05) is 0 Å². The topological polar surface area (TPSA) is 38.9 Å². The Bertz CT molecular complexity index is 491. The van der Waals surface area contributed by atoms with Crippen LogP contribution in [0.3, 0.4) is 0 Å². The third-order valence-corrected chi connectivity index (χ3v) is 3.65. The number of halogens is 1. The first kappa shape index (κ1) is 13.2. The van der Waals surface area contributed by atoms with Gasteiger partial charge in [0.1, 0.15) is 5.82 Å². The standard InChI is InChI=1S/C14H17FN2S/c1-10(16)3-2-4-14-17-13(9-18-14)11-5-7-12(15)8-6-11/h5-10H,2-4,16H2,1H3. The Morgan fingerprint density at radius 1 is 1.33 bits per heavy atom. The Hall–Kier alpha value is -1.26. The summed E-state index contributed by atoms with van der Waals surface area (Å²) in [5.74, 6) is -0.217. The van der Waals surface area contributed by atoms with Crippen LogP contribution in [0.15, 0.2) is 29.6 Å². The normalized spacial score (nSPS) is 12.6. The van der Waals surface area contributed by atoms with Crippen LogP contribution in [-0.4, -0.2) is 11.0 Å². The molecular formula is C14H17FN2S. The van der Waals surface area contributed by atoms with Gasteiger partial charge in [-0.25, -0.2) is 9.37 Å². The highest BCUT2D eigenvalue weighted by Gasteiger charge is 2.05. The molecule has 1 aromatic heterocycles. The fourth-order valence-electron chi connectivity index (χ4n) is 1.75. The van der Waals surface area contributed by atoms with E-state index in [1.165, 1.54) is 12.1 Å². The van der Waals surface area contributed by atoms with Gasteiger partial charge < -0.3 is 5.73 Å². The van der Waals surface area contributed by atoms with E-state index >= 15 is 0 Å². The van der Waals surface area contributed by atoms with E-state index in [0.29, 0.717) is 0 Å². The average molecular weight is 264 g/mol. The summed E-state index contributed by atoms with van der Waals surface area (Å²) in [7, 11) is 0. The van der Waals surface area contributed by atoms with Crippen LogP contribution in [-0.2, 0) is 6.42 Å². The maximum atomic E-state index is 12.8. The molecule has 0 radical (unpaired) electrons. The minimum atomic E-state index is -0.217. The summed E-state index contributed by atoms with van der Waals surface area (Å²) in [5, 5.41) is 3.14. The van der Waals surface area contributed by atoms with E-state index in [0.717, 1.165) is 35.5 Å². The van der Waals surface area contributed by atoms with E-state index in [1.807, 2.05) is 12.3 Å². The predicted molar refractivity (Wildman–Crippen MR) is 74.1 cm³/mol. The van der Waals surface area contributed by atoms with Crippen LogP contribution < -0.4 is 5.73 Å². The summed E-state index contributed by atoms with van der Waals surface area (Å²) in [6, 6.07) is 6.70. The minimum absolute atomic E-state index is 0.217. The third kappa shape index (κ3) is 3.62. The molecule has 96 valence electrons. The SMILES string of the molecule is CC(N)CCCc1nc(-c2ccc(F)cc2)cs1. The van der Waals surface area contributed by atoms with Crippen LogP contribution in [0.25, 0.3) is 11.3 Å². The second-order valence-electron chi connectivity index (χ2n) is 4.50. The van der Waals surface area contributed by atoms with Gasteiger partial charge in [-0.15, -0.1) is 11.3 Å². The van der Waals surface area contributed by atoms with Crippen LogP contribution in [0.5, 0.6) is 0 Å². The predicted octanol–water partition coefficient (Wildman–Crippen LogP) is 3.62. The van der Waals surface area contributed by atoms with E-state index in [-0.39, 0.29) is 11.9 Å². The lowest BCUT2D eigenvalue weighted by molar-refractivity contribution is 0.623. The van der Waals surface area contributed by atoms with Gasteiger partial charge in [-0.3, -0.25) is 0 Å². The van der Waals surface area contributed by atoms with Crippen LogP contribution in [0.2, 0.25) is 0 Å². The van der Waals surface area contributed by atoms with Gasteiger partial charge in [0.2, 0.25) is 0 Å². The van der Waals surface area contributed by atoms with Gasteiger partial charge >= 0.3 is 0 Å². The lowest BCUT2D eigenvalue weighted by Gasteiger charge is -2.02. The van der Waals surface area contributed by atoms with Gasteiger partial charge in [0.05, 0.1) is 10.7 Å². The summed E-state index contributed by atoms with van der Waals surface area (Å²) >= 11 is 1.65. The van der Waals surface area contributed by atoms with Gasteiger partial charge in [0.15, 0.2) is 0 Å². The van der Waals surface area contributed by atoms with Crippen LogP contribution >= 0.6 is 11.3 Å². The molecule has 2 nitrogen and oxygen atoms in total. The van der Waals surface area contributed by atoms with Crippen LogP contribution in [0.4, 0.5) is 4.39 Å². The van der Waals surface area contributed by atoms with E-state index in [4.69, 9.17) is 5.73 Å². The van der Waals surface area contributed by atoms with Crippen molar-refractivity contribution in [3.63, 3.8) is 0 Å². The lowest BCUT2D eigenvalue weighted by Crippen LogP contribution is -2.14. The van der Waals surface area contributed by atoms with Crippen molar-refractivity contribution in [1.29, 1.82) is 0 Å². The Kier molecular flexibility index (Phi) is 4.44. The molecule has 0 spiro atoms. The quantitative estimate of drug-likeness (QED) is 0.895. The zero-order chi connectivity index (χ0) is 13.0. The fourth-order valence-corrected chi connectivity index (χ4v) is 2.60. The zero-order valence-electron chi connectivity index (χ0n) is 10.4. The van der Waals surface area contributed by atoms with Gasteiger partial charge in [0, 0.05) is 17.0 Å². The molecular weight excluding hydrogens is 247 g/mol. The highest BCUT2D eigenvalue weighted by atomic mass is 32.1. The Labute approximate surface area is 111 Å². The maximum absolute atomic E-state index is 12.8. The molecule has 0 aliphatic rings. The molecule has 2 rings (SSSR count). The first-order valence-electron chi connectivity index (χ1n) is 6.11. The van der Waals surface area contributed by atoms with E-state index in [9.17, 15) is 4.39 Å². The van der Waals surface area contributed by atoms with Crippen molar-refractivity contribution in [3.05, 3.63) is 40.5 Å². The number of benzene rings is 1. The van der Waals surface area contributed by atoms with E-state index in [2.05, 4.69) is 4.98 Å². The molecule has 0 aliphatic heterocycles. The molecule has 1 atom stereocenters. The summed E-state index contributed by atoms with van der Waals surface area (Å²) in [4.78, 5) is 4.56. The number of nitrogens with two attached hydrogens (primary N) is 1. The molecule has 0 aliphatic carbocycles. The van der Waals surface area contributed by atoms with Crippen molar-refractivity contribution in [3.8, 4) is 11.3 Å². The molecule has 2 aromatic rings. The van der Waals surface area contributed by atoms with E-state index < -0.39 is 0 Å². The monoisotopic (exact) mass is 264 g/mol.